The number of likely N-dealkylation sites (tertiary alicyclic amines) is 1. The van der Waals surface area contributed by atoms with Crippen molar-refractivity contribution in [3.8, 4) is 0 Å². The third kappa shape index (κ3) is 1.91. The minimum absolute atomic E-state index is 0.111. The van der Waals surface area contributed by atoms with Crippen LogP contribution in [0.25, 0.3) is 10.9 Å². The van der Waals surface area contributed by atoms with Gasteiger partial charge in [0.25, 0.3) is 5.91 Å². The number of carbonyl (C=O) groups excluding carboxylic acids is 1. The SMILES string of the molecule is Cn1c(C(=O)N2CC[C@@H](O)C2)c(Cl)c2ccccc21. The summed E-state index contributed by atoms with van der Waals surface area (Å²) in [6, 6.07) is 7.68. The van der Waals surface area contributed by atoms with Crippen LogP contribution in [0.3, 0.4) is 0 Å². The number of halogens is 1. The van der Waals surface area contributed by atoms with E-state index in [1.54, 1.807) is 4.90 Å². The van der Waals surface area contributed by atoms with Crippen molar-refractivity contribution < 1.29 is 9.90 Å². The van der Waals surface area contributed by atoms with Crippen molar-refractivity contribution in [1.82, 2.24) is 9.47 Å². The summed E-state index contributed by atoms with van der Waals surface area (Å²) < 4.78 is 1.82. The van der Waals surface area contributed by atoms with Gasteiger partial charge in [0.15, 0.2) is 0 Å². The lowest BCUT2D eigenvalue weighted by Gasteiger charge is -2.16. The second-order valence-corrected chi connectivity index (χ2v) is 5.31. The number of nitrogens with zero attached hydrogens (tertiary/aromatic N) is 2. The molecule has 2 heterocycles. The maximum atomic E-state index is 12.5. The number of carbonyl (C=O) groups is 1. The fourth-order valence-electron chi connectivity index (χ4n) is 2.66. The van der Waals surface area contributed by atoms with Gasteiger partial charge < -0.3 is 14.6 Å². The van der Waals surface area contributed by atoms with E-state index in [1.165, 1.54) is 0 Å². The van der Waals surface area contributed by atoms with Gasteiger partial charge in [0.2, 0.25) is 0 Å². The number of hydrogen-bond donors (Lipinski definition) is 1. The molecule has 0 radical (unpaired) electrons. The molecule has 5 heteroatoms. The average molecular weight is 279 g/mol. The van der Waals surface area contributed by atoms with Crippen LogP contribution in [0.4, 0.5) is 0 Å². The van der Waals surface area contributed by atoms with E-state index in [0.29, 0.717) is 30.2 Å². The van der Waals surface area contributed by atoms with E-state index in [1.807, 2.05) is 35.9 Å². The van der Waals surface area contributed by atoms with E-state index in [4.69, 9.17) is 11.6 Å². The normalized spacial score (nSPS) is 19.3. The van der Waals surface area contributed by atoms with E-state index in [-0.39, 0.29) is 5.91 Å². The molecule has 0 unspecified atom stereocenters. The summed E-state index contributed by atoms with van der Waals surface area (Å²) in [4.78, 5) is 14.2. The molecule has 19 heavy (non-hydrogen) atoms. The van der Waals surface area contributed by atoms with Gasteiger partial charge in [-0.25, -0.2) is 0 Å². The number of rotatable bonds is 1. The lowest BCUT2D eigenvalue weighted by atomic mass is 10.2. The highest BCUT2D eigenvalue weighted by atomic mass is 35.5. The molecule has 1 fully saturated rings. The van der Waals surface area contributed by atoms with Crippen LogP contribution in [-0.4, -0.2) is 39.7 Å². The Morgan fingerprint density at radius 1 is 1.42 bits per heavy atom. The molecule has 0 bridgehead atoms. The van der Waals surface area contributed by atoms with Gasteiger partial charge in [0, 0.05) is 31.0 Å². The first kappa shape index (κ1) is 12.5. The van der Waals surface area contributed by atoms with Crippen molar-refractivity contribution in [2.45, 2.75) is 12.5 Å². The number of β-amino-alcohol motifs (C(OH)–C–C–N with tert-alkyl or cyclic N) is 1. The van der Waals surface area contributed by atoms with Crippen LogP contribution in [-0.2, 0) is 7.05 Å². The molecule has 0 aliphatic carbocycles. The highest BCUT2D eigenvalue weighted by molar-refractivity contribution is 6.38. The van der Waals surface area contributed by atoms with E-state index < -0.39 is 6.10 Å². The minimum atomic E-state index is -0.419. The number of aliphatic hydroxyl groups is 1. The number of aryl methyl sites for hydroxylation is 1. The summed E-state index contributed by atoms with van der Waals surface area (Å²) in [6.07, 6.45) is 0.213. The molecular weight excluding hydrogens is 264 g/mol. The molecule has 2 aromatic rings. The molecule has 1 atom stereocenters. The minimum Gasteiger partial charge on any atom is -0.391 e. The molecule has 1 aromatic heterocycles. The van der Waals surface area contributed by atoms with Gasteiger partial charge >= 0.3 is 0 Å². The molecular formula is C14H15ClN2O2. The molecule has 1 aliphatic rings. The maximum Gasteiger partial charge on any atom is 0.272 e. The monoisotopic (exact) mass is 278 g/mol. The summed E-state index contributed by atoms with van der Waals surface area (Å²) in [5.41, 5.74) is 1.44. The van der Waals surface area contributed by atoms with Crippen molar-refractivity contribution in [2.75, 3.05) is 13.1 Å². The van der Waals surface area contributed by atoms with Gasteiger partial charge in [-0.05, 0) is 12.5 Å². The molecule has 3 rings (SSSR count). The quantitative estimate of drug-likeness (QED) is 0.868. The topological polar surface area (TPSA) is 45.5 Å². The van der Waals surface area contributed by atoms with Gasteiger partial charge in [-0.15, -0.1) is 0 Å². The van der Waals surface area contributed by atoms with E-state index >= 15 is 0 Å². The van der Waals surface area contributed by atoms with Crippen molar-refractivity contribution >= 4 is 28.4 Å². The highest BCUT2D eigenvalue weighted by Gasteiger charge is 2.29. The van der Waals surface area contributed by atoms with Gasteiger partial charge in [0.05, 0.1) is 11.1 Å². The summed E-state index contributed by atoms with van der Waals surface area (Å²) in [5, 5.41) is 10.9. The van der Waals surface area contributed by atoms with Crippen LogP contribution in [0.1, 0.15) is 16.9 Å². The third-order valence-corrected chi connectivity index (χ3v) is 4.08. The van der Waals surface area contributed by atoms with Crippen molar-refractivity contribution in [3.05, 3.63) is 35.0 Å². The predicted molar refractivity (Wildman–Crippen MR) is 74.5 cm³/mol. The van der Waals surface area contributed by atoms with Crippen molar-refractivity contribution in [2.24, 2.45) is 7.05 Å². The molecule has 1 N–H and O–H groups in total. The Hall–Kier alpha value is -1.52. The summed E-state index contributed by atoms with van der Waals surface area (Å²) in [6.45, 7) is 0.967. The Labute approximate surface area is 116 Å². The largest absolute Gasteiger partial charge is 0.391 e. The first-order valence-corrected chi connectivity index (χ1v) is 6.67. The number of amides is 1. The molecule has 1 saturated heterocycles. The smallest absolute Gasteiger partial charge is 0.272 e. The molecule has 1 aliphatic heterocycles. The lowest BCUT2D eigenvalue weighted by Crippen LogP contribution is -2.31. The number of aliphatic hydroxyl groups excluding tert-OH is 1. The summed E-state index contributed by atoms with van der Waals surface area (Å²) in [7, 11) is 1.84. The predicted octanol–water partition coefficient (Wildman–Crippen LogP) is 2.04. The second-order valence-electron chi connectivity index (χ2n) is 4.93. The van der Waals surface area contributed by atoms with Gasteiger partial charge in [-0.3, -0.25) is 4.79 Å². The summed E-state index contributed by atoms with van der Waals surface area (Å²) in [5.74, 6) is -0.111. The number of para-hydroxylation sites is 1. The zero-order valence-corrected chi connectivity index (χ0v) is 11.4. The van der Waals surface area contributed by atoms with Gasteiger partial charge in [-0.1, -0.05) is 29.8 Å². The molecule has 0 saturated carbocycles. The Balaban J connectivity index is 2.07. The second kappa shape index (κ2) is 4.54. The van der Waals surface area contributed by atoms with E-state index in [9.17, 15) is 9.90 Å². The Kier molecular flexibility index (Phi) is 2.99. The highest BCUT2D eigenvalue weighted by Crippen LogP contribution is 2.31. The van der Waals surface area contributed by atoms with Crippen LogP contribution in [0, 0.1) is 0 Å². The van der Waals surface area contributed by atoms with Crippen molar-refractivity contribution in [3.63, 3.8) is 0 Å². The van der Waals surface area contributed by atoms with E-state index in [0.717, 1.165) is 10.9 Å². The van der Waals surface area contributed by atoms with Gasteiger partial charge in [-0.2, -0.15) is 0 Å². The number of aromatic nitrogens is 1. The Morgan fingerprint density at radius 2 is 2.16 bits per heavy atom. The standard InChI is InChI=1S/C14H15ClN2O2/c1-16-11-5-3-2-4-10(11)12(15)13(16)14(19)17-7-6-9(18)8-17/h2-5,9,18H,6-8H2,1H3/t9-/m1/s1. The fraction of sp³-hybridized carbons (Fsp3) is 0.357. The van der Waals surface area contributed by atoms with Crippen LogP contribution in [0.15, 0.2) is 24.3 Å². The third-order valence-electron chi connectivity index (χ3n) is 3.70. The maximum absolute atomic E-state index is 12.5. The number of fused-ring (bicyclic) bond motifs is 1. The number of benzene rings is 1. The van der Waals surface area contributed by atoms with Crippen LogP contribution in [0.5, 0.6) is 0 Å². The average Bonchev–Trinajstić information content (AvgIpc) is 2.94. The first-order valence-electron chi connectivity index (χ1n) is 6.30. The Bertz CT molecular complexity index is 611. The molecule has 0 spiro atoms. The zero-order valence-electron chi connectivity index (χ0n) is 10.6. The Morgan fingerprint density at radius 3 is 2.79 bits per heavy atom. The molecule has 100 valence electrons. The fourth-order valence-corrected chi connectivity index (χ4v) is 3.03. The lowest BCUT2D eigenvalue weighted by molar-refractivity contribution is 0.0756. The van der Waals surface area contributed by atoms with Gasteiger partial charge in [0.1, 0.15) is 5.69 Å². The molecule has 1 aromatic carbocycles. The van der Waals surface area contributed by atoms with Crippen LogP contribution >= 0.6 is 11.6 Å². The summed E-state index contributed by atoms with van der Waals surface area (Å²) >= 11 is 6.34. The molecule has 1 amide bonds. The molecule has 4 nitrogen and oxygen atoms in total. The number of hydrogen-bond acceptors (Lipinski definition) is 2. The van der Waals surface area contributed by atoms with Crippen molar-refractivity contribution in [1.29, 1.82) is 0 Å². The first-order chi connectivity index (χ1) is 9.09. The van der Waals surface area contributed by atoms with Crippen LogP contribution < -0.4 is 0 Å². The van der Waals surface area contributed by atoms with E-state index in [2.05, 4.69) is 0 Å². The van der Waals surface area contributed by atoms with Crippen LogP contribution in [0.2, 0.25) is 5.02 Å². The zero-order chi connectivity index (χ0) is 13.6.